The van der Waals surface area contributed by atoms with Crippen LogP contribution in [0.25, 0.3) is 33.0 Å². The molecule has 0 N–H and O–H groups in total. The first-order valence-corrected chi connectivity index (χ1v) is 10.8. The molecule has 0 saturated carbocycles. The van der Waals surface area contributed by atoms with Gasteiger partial charge >= 0.3 is 0 Å². The number of methoxy groups -OCH3 is 1. The summed E-state index contributed by atoms with van der Waals surface area (Å²) in [5, 5.41) is 1.34. The summed E-state index contributed by atoms with van der Waals surface area (Å²) in [4.78, 5) is 0. The quantitative estimate of drug-likeness (QED) is 0.276. The number of hydrogen-bond donors (Lipinski definition) is 0. The maximum absolute atomic E-state index is 15.2. The summed E-state index contributed by atoms with van der Waals surface area (Å²) in [6, 6.07) is 22.5. The third kappa shape index (κ3) is 4.46. The topological polar surface area (TPSA) is 9.23 Å². The molecule has 31 heavy (non-hydrogen) atoms. The second-order valence-corrected chi connectivity index (χ2v) is 7.87. The average molecular weight is 417 g/mol. The van der Waals surface area contributed by atoms with Gasteiger partial charge in [-0.3, -0.25) is 0 Å². The third-order valence-corrected chi connectivity index (χ3v) is 5.77. The molecule has 0 radical (unpaired) electrons. The zero-order valence-electron chi connectivity index (χ0n) is 17.9. The first-order valence-electron chi connectivity index (χ1n) is 10.8. The Hall–Kier alpha value is -3.20. The minimum absolute atomic E-state index is 0.144. The Labute approximate surface area is 182 Å². The van der Waals surface area contributed by atoms with Crippen LogP contribution >= 0.6 is 0 Å². The molecule has 4 rings (SSSR count). The lowest BCUT2D eigenvalue weighted by molar-refractivity contribution is 0.386. The van der Waals surface area contributed by atoms with Gasteiger partial charge in [-0.05, 0) is 58.7 Å². The smallest absolute Gasteiger partial charge is 0.165 e. The summed E-state index contributed by atoms with van der Waals surface area (Å²) in [7, 11) is 1.41. The van der Waals surface area contributed by atoms with Gasteiger partial charge in [0, 0.05) is 10.9 Å². The van der Waals surface area contributed by atoms with E-state index in [-0.39, 0.29) is 11.6 Å². The number of fused-ring (bicyclic) bond motifs is 1. The lowest BCUT2D eigenvalue weighted by atomic mass is 9.96. The van der Waals surface area contributed by atoms with E-state index in [2.05, 4.69) is 31.2 Å². The molecule has 0 aliphatic heterocycles. The minimum atomic E-state index is -0.506. The van der Waals surface area contributed by atoms with Gasteiger partial charge in [-0.15, -0.1) is 0 Å². The number of benzene rings is 4. The summed E-state index contributed by atoms with van der Waals surface area (Å²) in [6.45, 7) is 2.21. The fourth-order valence-corrected chi connectivity index (χ4v) is 3.97. The number of hydrogen-bond acceptors (Lipinski definition) is 1. The van der Waals surface area contributed by atoms with E-state index >= 15 is 4.39 Å². The Balaban J connectivity index is 1.63. The summed E-state index contributed by atoms with van der Waals surface area (Å²) >= 11 is 0. The van der Waals surface area contributed by atoms with Crippen LogP contribution in [0.4, 0.5) is 8.78 Å². The standard InChI is InChI=1S/C28H26F2O/c1-3-4-5-6-19-7-9-20(10-8-19)21-11-14-24-22(17-21)12-15-25(28(24)30)23-13-16-27(31-2)26(29)18-23/h7-18H,3-6H2,1-2H3. The zero-order chi connectivity index (χ0) is 21.8. The van der Waals surface area contributed by atoms with Gasteiger partial charge in [0.15, 0.2) is 11.6 Å². The molecule has 158 valence electrons. The Kier molecular flexibility index (Phi) is 6.31. The Morgan fingerprint density at radius 2 is 1.48 bits per heavy atom. The van der Waals surface area contributed by atoms with Gasteiger partial charge in [0.2, 0.25) is 0 Å². The van der Waals surface area contributed by atoms with Crippen molar-refractivity contribution >= 4 is 10.8 Å². The highest BCUT2D eigenvalue weighted by molar-refractivity contribution is 5.91. The second-order valence-electron chi connectivity index (χ2n) is 7.87. The van der Waals surface area contributed by atoms with Gasteiger partial charge in [-0.25, -0.2) is 8.78 Å². The third-order valence-electron chi connectivity index (χ3n) is 5.77. The molecule has 0 unspecified atom stereocenters. The highest BCUT2D eigenvalue weighted by Crippen LogP contribution is 2.33. The fraction of sp³-hybridized carbons (Fsp3) is 0.214. The van der Waals surface area contributed by atoms with Gasteiger partial charge in [0.05, 0.1) is 7.11 Å². The number of ether oxygens (including phenoxy) is 1. The van der Waals surface area contributed by atoms with Gasteiger partial charge in [0.25, 0.3) is 0 Å². The lowest BCUT2D eigenvalue weighted by Gasteiger charge is -2.10. The Morgan fingerprint density at radius 1 is 0.742 bits per heavy atom. The van der Waals surface area contributed by atoms with Crippen LogP contribution in [0.5, 0.6) is 5.75 Å². The van der Waals surface area contributed by atoms with Crippen LogP contribution in [0.1, 0.15) is 31.7 Å². The Bertz CT molecular complexity index is 1200. The van der Waals surface area contributed by atoms with Crippen molar-refractivity contribution in [2.24, 2.45) is 0 Å². The number of rotatable bonds is 7. The van der Waals surface area contributed by atoms with E-state index < -0.39 is 5.82 Å². The predicted molar refractivity (Wildman–Crippen MR) is 125 cm³/mol. The van der Waals surface area contributed by atoms with Crippen molar-refractivity contribution in [1.82, 2.24) is 0 Å². The molecule has 4 aromatic carbocycles. The molecule has 0 atom stereocenters. The van der Waals surface area contributed by atoms with Crippen LogP contribution in [-0.4, -0.2) is 7.11 Å². The summed E-state index contributed by atoms with van der Waals surface area (Å²) in [5.41, 5.74) is 4.37. The van der Waals surface area contributed by atoms with Crippen molar-refractivity contribution in [2.75, 3.05) is 7.11 Å². The minimum Gasteiger partial charge on any atom is -0.494 e. The molecule has 4 aromatic rings. The summed E-state index contributed by atoms with van der Waals surface area (Å²) < 4.78 is 34.3. The SMILES string of the molecule is CCCCCc1ccc(-c2ccc3c(F)c(-c4ccc(OC)c(F)c4)ccc3c2)cc1. The molecule has 0 spiro atoms. The molecule has 0 aliphatic carbocycles. The second kappa shape index (κ2) is 9.30. The van der Waals surface area contributed by atoms with E-state index in [1.807, 2.05) is 18.2 Å². The van der Waals surface area contributed by atoms with Crippen molar-refractivity contribution in [1.29, 1.82) is 0 Å². The van der Waals surface area contributed by atoms with Crippen molar-refractivity contribution in [2.45, 2.75) is 32.6 Å². The molecule has 3 heteroatoms. The van der Waals surface area contributed by atoms with E-state index in [9.17, 15) is 4.39 Å². The highest BCUT2D eigenvalue weighted by atomic mass is 19.1. The molecule has 0 heterocycles. The first-order chi connectivity index (χ1) is 15.1. The largest absolute Gasteiger partial charge is 0.494 e. The van der Waals surface area contributed by atoms with Crippen LogP contribution in [0.3, 0.4) is 0 Å². The molecule has 0 fully saturated rings. The average Bonchev–Trinajstić information content (AvgIpc) is 2.80. The van der Waals surface area contributed by atoms with Crippen molar-refractivity contribution in [3.8, 4) is 28.0 Å². The first kappa shape index (κ1) is 21.0. The predicted octanol–water partition coefficient (Wildman–Crippen LogP) is 8.19. The number of unbranched alkanes of at least 4 members (excludes halogenated alkanes) is 2. The normalized spacial score (nSPS) is 11.1. The van der Waals surface area contributed by atoms with Crippen LogP contribution < -0.4 is 4.74 Å². The highest BCUT2D eigenvalue weighted by Gasteiger charge is 2.13. The monoisotopic (exact) mass is 416 g/mol. The van der Waals surface area contributed by atoms with Crippen LogP contribution in [0.2, 0.25) is 0 Å². The Morgan fingerprint density at radius 3 is 2.19 bits per heavy atom. The fourth-order valence-electron chi connectivity index (χ4n) is 3.97. The molecule has 0 bridgehead atoms. The van der Waals surface area contributed by atoms with Crippen molar-refractivity contribution in [3.63, 3.8) is 0 Å². The van der Waals surface area contributed by atoms with E-state index in [0.717, 1.165) is 22.9 Å². The molecule has 0 aromatic heterocycles. The summed E-state index contributed by atoms with van der Waals surface area (Å²) in [6.07, 6.45) is 4.79. The molecule has 0 amide bonds. The van der Waals surface area contributed by atoms with E-state index in [0.29, 0.717) is 16.5 Å². The maximum atomic E-state index is 15.2. The van der Waals surface area contributed by atoms with Gasteiger partial charge in [0.1, 0.15) is 5.82 Å². The number of halogens is 2. The molecular weight excluding hydrogens is 390 g/mol. The lowest BCUT2D eigenvalue weighted by Crippen LogP contribution is -1.91. The van der Waals surface area contributed by atoms with Crippen LogP contribution in [-0.2, 0) is 6.42 Å². The molecule has 0 aliphatic rings. The van der Waals surface area contributed by atoms with Gasteiger partial charge in [-0.1, -0.05) is 74.4 Å². The molecule has 1 nitrogen and oxygen atoms in total. The van der Waals surface area contributed by atoms with E-state index in [4.69, 9.17) is 4.74 Å². The van der Waals surface area contributed by atoms with Crippen LogP contribution in [0, 0.1) is 11.6 Å². The van der Waals surface area contributed by atoms with Crippen molar-refractivity contribution < 1.29 is 13.5 Å². The molecule has 0 saturated heterocycles. The van der Waals surface area contributed by atoms with Gasteiger partial charge in [-0.2, -0.15) is 0 Å². The van der Waals surface area contributed by atoms with Crippen LogP contribution in [0.15, 0.2) is 72.8 Å². The van der Waals surface area contributed by atoms with E-state index in [1.54, 1.807) is 18.2 Å². The summed E-state index contributed by atoms with van der Waals surface area (Å²) in [5.74, 6) is -0.709. The van der Waals surface area contributed by atoms with Crippen molar-refractivity contribution in [3.05, 3.63) is 90.0 Å². The van der Waals surface area contributed by atoms with E-state index in [1.165, 1.54) is 44.1 Å². The maximum Gasteiger partial charge on any atom is 0.165 e. The van der Waals surface area contributed by atoms with Gasteiger partial charge < -0.3 is 4.74 Å². The number of aryl methyl sites for hydroxylation is 1. The zero-order valence-corrected chi connectivity index (χ0v) is 17.9. The molecular formula is C28H26F2O.